The van der Waals surface area contributed by atoms with Gasteiger partial charge in [0.1, 0.15) is 0 Å². The largest absolute Gasteiger partial charge is 0.395 e. The van der Waals surface area contributed by atoms with Crippen molar-refractivity contribution >= 4 is 0 Å². The molecule has 0 aliphatic carbocycles. The number of aliphatic hydroxyl groups is 2. The molecule has 0 bridgehead atoms. The molecule has 0 radical (unpaired) electrons. The Morgan fingerprint density at radius 2 is 2.18 bits per heavy atom. The fraction of sp³-hybridized carbons (Fsp3) is 0.750. The third-order valence-electron chi connectivity index (χ3n) is 1.55. The van der Waals surface area contributed by atoms with Gasteiger partial charge in [-0.2, -0.15) is 0 Å². The van der Waals surface area contributed by atoms with Crippen molar-refractivity contribution < 1.29 is 10.2 Å². The summed E-state index contributed by atoms with van der Waals surface area (Å²) in [5, 5.41) is 20.9. The van der Waals surface area contributed by atoms with Crippen LogP contribution in [0.5, 0.6) is 0 Å². The van der Waals surface area contributed by atoms with Gasteiger partial charge in [-0.3, -0.25) is 0 Å². The normalized spacial score (nSPS) is 17.1. The lowest BCUT2D eigenvalue weighted by Crippen LogP contribution is -2.39. The predicted octanol–water partition coefficient (Wildman–Crippen LogP) is -0.106. The van der Waals surface area contributed by atoms with Gasteiger partial charge in [0.25, 0.3) is 0 Å². The molecule has 0 spiro atoms. The van der Waals surface area contributed by atoms with E-state index < -0.39 is 6.10 Å². The van der Waals surface area contributed by atoms with Crippen LogP contribution in [0.4, 0.5) is 0 Å². The summed E-state index contributed by atoms with van der Waals surface area (Å²) in [4.78, 5) is 0. The average Bonchev–Trinajstić information content (AvgIpc) is 2.03. The van der Waals surface area contributed by atoms with Crippen LogP contribution >= 0.6 is 0 Å². The van der Waals surface area contributed by atoms with Crippen LogP contribution in [0.2, 0.25) is 0 Å². The van der Waals surface area contributed by atoms with E-state index in [-0.39, 0.29) is 12.6 Å². The molecule has 0 aliphatic rings. The molecule has 3 nitrogen and oxygen atoms in total. The second-order valence-electron chi connectivity index (χ2n) is 2.40. The van der Waals surface area contributed by atoms with Crippen molar-refractivity contribution in [1.82, 2.24) is 5.32 Å². The molecule has 0 fully saturated rings. The number of allylic oxidation sites excluding steroid dienone is 1. The van der Waals surface area contributed by atoms with Crippen molar-refractivity contribution in [2.24, 2.45) is 0 Å². The van der Waals surface area contributed by atoms with E-state index in [9.17, 15) is 5.11 Å². The van der Waals surface area contributed by atoms with Crippen molar-refractivity contribution in [2.45, 2.75) is 25.5 Å². The summed E-state index contributed by atoms with van der Waals surface area (Å²) in [6.07, 6.45) is 3.88. The molecule has 0 amide bonds. The number of aliphatic hydroxyl groups excluding tert-OH is 2. The summed E-state index contributed by atoms with van der Waals surface area (Å²) in [5.41, 5.74) is 0. The highest BCUT2D eigenvalue weighted by molar-refractivity contribution is 4.93. The second kappa shape index (κ2) is 6.34. The van der Waals surface area contributed by atoms with Crippen LogP contribution in [-0.4, -0.2) is 36.0 Å². The first-order valence-corrected chi connectivity index (χ1v) is 3.89. The molecule has 11 heavy (non-hydrogen) atoms. The highest BCUT2D eigenvalue weighted by atomic mass is 16.3. The van der Waals surface area contributed by atoms with Crippen molar-refractivity contribution in [2.75, 3.05) is 13.7 Å². The Labute approximate surface area is 67.7 Å². The van der Waals surface area contributed by atoms with Gasteiger partial charge in [0.2, 0.25) is 0 Å². The quantitative estimate of drug-likeness (QED) is 0.491. The maximum Gasteiger partial charge on any atom is 0.0896 e. The smallest absolute Gasteiger partial charge is 0.0896 e. The molecule has 2 atom stereocenters. The Morgan fingerprint density at radius 3 is 2.55 bits per heavy atom. The van der Waals surface area contributed by atoms with Crippen LogP contribution in [0.1, 0.15) is 13.3 Å². The average molecular weight is 159 g/mol. The van der Waals surface area contributed by atoms with Crippen molar-refractivity contribution in [3.05, 3.63) is 12.2 Å². The molecule has 0 saturated carbocycles. The van der Waals surface area contributed by atoms with Gasteiger partial charge in [0.15, 0.2) is 0 Å². The lowest BCUT2D eigenvalue weighted by Gasteiger charge is -2.16. The number of likely N-dealkylation sites (N-methyl/N-ethyl adjacent to an activating group) is 1. The van der Waals surface area contributed by atoms with Crippen LogP contribution in [0.3, 0.4) is 0 Å². The van der Waals surface area contributed by atoms with E-state index in [0.29, 0.717) is 0 Å². The molecule has 3 N–H and O–H groups in total. The molecule has 66 valence electrons. The van der Waals surface area contributed by atoms with E-state index in [1.54, 1.807) is 13.1 Å². The first kappa shape index (κ1) is 10.6. The first-order chi connectivity index (χ1) is 5.26. The summed E-state index contributed by atoms with van der Waals surface area (Å²) in [5.74, 6) is 0. The van der Waals surface area contributed by atoms with Gasteiger partial charge < -0.3 is 15.5 Å². The lowest BCUT2D eigenvalue weighted by atomic mass is 10.1. The van der Waals surface area contributed by atoms with Crippen molar-refractivity contribution in [3.8, 4) is 0 Å². The molecular formula is C8H17NO2. The van der Waals surface area contributed by atoms with E-state index in [1.807, 2.05) is 13.0 Å². The molecule has 2 unspecified atom stereocenters. The molecule has 0 aromatic heterocycles. The first-order valence-electron chi connectivity index (χ1n) is 3.89. The van der Waals surface area contributed by atoms with Gasteiger partial charge in [-0.25, -0.2) is 0 Å². The molecule has 3 heteroatoms. The summed E-state index contributed by atoms with van der Waals surface area (Å²) in [6, 6.07) is -0.252. The van der Waals surface area contributed by atoms with Gasteiger partial charge in [-0.05, 0) is 13.5 Å². The third-order valence-corrected chi connectivity index (χ3v) is 1.55. The van der Waals surface area contributed by atoms with Crippen LogP contribution in [0.25, 0.3) is 0 Å². The van der Waals surface area contributed by atoms with E-state index in [2.05, 4.69) is 5.32 Å². The monoisotopic (exact) mass is 159 g/mol. The summed E-state index contributed by atoms with van der Waals surface area (Å²) in [7, 11) is 1.71. The van der Waals surface area contributed by atoms with Gasteiger partial charge in [-0.1, -0.05) is 19.1 Å². The zero-order valence-electron chi connectivity index (χ0n) is 7.12. The van der Waals surface area contributed by atoms with E-state index in [4.69, 9.17) is 5.11 Å². The van der Waals surface area contributed by atoms with E-state index >= 15 is 0 Å². The summed E-state index contributed by atoms with van der Waals surface area (Å²) in [6.45, 7) is 1.95. The van der Waals surface area contributed by atoms with Gasteiger partial charge in [0, 0.05) is 0 Å². The molecule has 0 aromatic carbocycles. The molecular weight excluding hydrogens is 142 g/mol. The minimum Gasteiger partial charge on any atom is -0.395 e. The Bertz CT molecular complexity index is 111. The zero-order valence-corrected chi connectivity index (χ0v) is 7.12. The highest BCUT2D eigenvalue weighted by Crippen LogP contribution is 1.95. The number of hydrogen-bond donors (Lipinski definition) is 3. The fourth-order valence-corrected chi connectivity index (χ4v) is 0.780. The zero-order chi connectivity index (χ0) is 8.69. The van der Waals surface area contributed by atoms with Crippen molar-refractivity contribution in [3.63, 3.8) is 0 Å². The number of nitrogens with one attached hydrogen (secondary N) is 1. The molecule has 0 aromatic rings. The number of rotatable bonds is 5. The van der Waals surface area contributed by atoms with Gasteiger partial charge in [-0.15, -0.1) is 0 Å². The Balaban J connectivity index is 3.77. The Hall–Kier alpha value is -0.380. The Kier molecular flexibility index (Phi) is 6.12. The molecule has 0 heterocycles. The molecule has 0 aliphatic heterocycles. The van der Waals surface area contributed by atoms with Crippen LogP contribution in [0.15, 0.2) is 12.2 Å². The Morgan fingerprint density at radius 1 is 1.55 bits per heavy atom. The fourth-order valence-electron chi connectivity index (χ4n) is 0.780. The standard InChI is InChI=1S/C8H17NO2/c1-3-4-5-8(11)7(6-10)9-2/h4-5,7-11H,3,6H2,1-2H3. The lowest BCUT2D eigenvalue weighted by molar-refractivity contribution is 0.128. The second-order valence-corrected chi connectivity index (χ2v) is 2.40. The molecule has 0 rings (SSSR count). The molecule has 0 saturated heterocycles. The van der Waals surface area contributed by atoms with Gasteiger partial charge >= 0.3 is 0 Å². The van der Waals surface area contributed by atoms with Gasteiger partial charge in [0.05, 0.1) is 18.8 Å². The maximum absolute atomic E-state index is 9.33. The van der Waals surface area contributed by atoms with Crippen molar-refractivity contribution in [1.29, 1.82) is 0 Å². The number of hydrogen-bond acceptors (Lipinski definition) is 3. The van der Waals surface area contributed by atoms with Crippen LogP contribution in [0, 0.1) is 0 Å². The third kappa shape index (κ3) is 4.14. The summed E-state index contributed by atoms with van der Waals surface area (Å²) >= 11 is 0. The summed E-state index contributed by atoms with van der Waals surface area (Å²) < 4.78 is 0. The minimum atomic E-state index is -0.593. The highest BCUT2D eigenvalue weighted by Gasteiger charge is 2.11. The topological polar surface area (TPSA) is 52.5 Å². The van der Waals surface area contributed by atoms with Crippen LogP contribution < -0.4 is 5.32 Å². The maximum atomic E-state index is 9.33. The van der Waals surface area contributed by atoms with E-state index in [1.165, 1.54) is 0 Å². The van der Waals surface area contributed by atoms with E-state index in [0.717, 1.165) is 6.42 Å². The predicted molar refractivity (Wildman–Crippen MR) is 45.4 cm³/mol. The SMILES string of the molecule is CCC=CC(O)C(CO)NC. The van der Waals surface area contributed by atoms with Crippen LogP contribution in [-0.2, 0) is 0 Å². The minimum absolute atomic E-state index is 0.0499.